The van der Waals surface area contributed by atoms with Crippen molar-refractivity contribution in [3.05, 3.63) is 71.0 Å². The number of nitrogens with zero attached hydrogens (tertiary/aromatic N) is 3. The molecule has 1 aliphatic carbocycles. The molecule has 0 bridgehead atoms. The van der Waals surface area contributed by atoms with E-state index in [1.54, 1.807) is 23.0 Å². The molecule has 10 heteroatoms. The molecule has 1 atom stereocenters. The Bertz CT molecular complexity index is 1320. The quantitative estimate of drug-likeness (QED) is 0.588. The number of carbonyl (C=O) groups excluding carboxylic acids is 1. The van der Waals surface area contributed by atoms with Crippen LogP contribution in [0.3, 0.4) is 0 Å². The van der Waals surface area contributed by atoms with Crippen molar-refractivity contribution in [3.8, 4) is 5.75 Å². The van der Waals surface area contributed by atoms with Crippen LogP contribution in [0.2, 0.25) is 0 Å². The van der Waals surface area contributed by atoms with Crippen LogP contribution in [-0.2, 0) is 29.6 Å². The van der Waals surface area contributed by atoms with Crippen LogP contribution in [0.15, 0.2) is 48.8 Å². The number of carboxylic acids is 1. The van der Waals surface area contributed by atoms with Gasteiger partial charge in [-0.3, -0.25) is 14.4 Å². The highest BCUT2D eigenvalue weighted by Crippen LogP contribution is 2.53. The lowest BCUT2D eigenvalue weighted by atomic mass is 9.79. The fourth-order valence-electron chi connectivity index (χ4n) is 4.96. The molecule has 2 aromatic carbocycles. The van der Waals surface area contributed by atoms with Crippen molar-refractivity contribution in [2.24, 2.45) is 0 Å². The van der Waals surface area contributed by atoms with Gasteiger partial charge in [0.1, 0.15) is 5.75 Å². The van der Waals surface area contributed by atoms with Crippen molar-refractivity contribution in [1.29, 1.82) is 0 Å². The molecule has 0 saturated heterocycles. The van der Waals surface area contributed by atoms with Crippen molar-refractivity contribution < 1.29 is 32.6 Å². The van der Waals surface area contributed by atoms with E-state index in [1.807, 2.05) is 6.92 Å². The number of hydrogen-bond donors (Lipinski definition) is 1. The second-order valence-electron chi connectivity index (χ2n) is 8.55. The van der Waals surface area contributed by atoms with Crippen LogP contribution in [-0.4, -0.2) is 33.1 Å². The Morgan fingerprint density at radius 2 is 1.94 bits per heavy atom. The number of carboxylic acid groups (broad SMARTS) is 1. The van der Waals surface area contributed by atoms with Gasteiger partial charge < -0.3 is 9.84 Å². The normalized spacial score (nSPS) is 18.9. The number of aromatic nitrogens is 2. The largest absolute Gasteiger partial charge is 0.573 e. The first-order valence-corrected chi connectivity index (χ1v) is 10.7. The first-order valence-electron chi connectivity index (χ1n) is 10.7. The highest BCUT2D eigenvalue weighted by Gasteiger charge is 2.54. The molecule has 2 aliphatic rings. The molecule has 176 valence electrons. The second-order valence-corrected chi connectivity index (χ2v) is 8.55. The third-order valence-corrected chi connectivity index (χ3v) is 6.34. The van der Waals surface area contributed by atoms with E-state index >= 15 is 0 Å². The summed E-state index contributed by atoms with van der Waals surface area (Å²) in [5, 5.41) is 13.6. The van der Waals surface area contributed by atoms with Gasteiger partial charge in [0.25, 0.3) is 0 Å². The SMILES string of the molecule is CCCn1cc(N2C(=O)[C@@]3(Cc4ccc(C(=O)O)cc4C3)c3ccc(OC(F)(F)F)cc32)cn1. The van der Waals surface area contributed by atoms with Gasteiger partial charge in [-0.1, -0.05) is 19.1 Å². The van der Waals surface area contributed by atoms with Crippen LogP contribution >= 0.6 is 0 Å². The number of ether oxygens (including phenoxy) is 1. The summed E-state index contributed by atoms with van der Waals surface area (Å²) in [6, 6.07) is 8.67. The van der Waals surface area contributed by atoms with E-state index in [0.717, 1.165) is 17.5 Å². The van der Waals surface area contributed by atoms with Gasteiger partial charge in [-0.05, 0) is 54.2 Å². The first kappa shape index (κ1) is 22.0. The molecule has 3 aromatic rings. The van der Waals surface area contributed by atoms with E-state index in [0.29, 0.717) is 29.9 Å². The Labute approximate surface area is 192 Å². The van der Waals surface area contributed by atoms with Crippen LogP contribution < -0.4 is 9.64 Å². The molecule has 7 nitrogen and oxygen atoms in total. The van der Waals surface area contributed by atoms with Gasteiger partial charge >= 0.3 is 12.3 Å². The van der Waals surface area contributed by atoms with E-state index in [9.17, 15) is 27.9 Å². The molecule has 2 heterocycles. The number of aryl methyl sites for hydroxylation is 1. The van der Waals surface area contributed by atoms with Gasteiger partial charge in [0.05, 0.1) is 28.6 Å². The van der Waals surface area contributed by atoms with Gasteiger partial charge in [0, 0.05) is 18.8 Å². The number of aromatic carboxylic acids is 1. The summed E-state index contributed by atoms with van der Waals surface area (Å²) < 4.78 is 44.5. The third-order valence-electron chi connectivity index (χ3n) is 6.34. The Morgan fingerprint density at radius 3 is 2.65 bits per heavy atom. The Kier molecular flexibility index (Phi) is 4.92. The second kappa shape index (κ2) is 7.61. The average Bonchev–Trinajstić information content (AvgIpc) is 3.42. The third kappa shape index (κ3) is 3.49. The number of fused-ring (bicyclic) bond motifs is 3. The predicted octanol–water partition coefficient (Wildman–Crippen LogP) is 4.60. The topological polar surface area (TPSA) is 84.7 Å². The molecule has 1 spiro atoms. The standard InChI is InChI=1S/C24H20F3N3O4/c1-2-7-29-13-17(12-28-29)30-20-9-18(34-24(25,26)27)5-6-19(20)23(22(30)33)10-15-4-3-14(21(31)32)8-16(15)11-23/h3-6,8-9,12-13H,2,7,10-11H2,1H3,(H,31,32)/t23-/m1/s1. The first-order chi connectivity index (χ1) is 16.1. The van der Waals surface area contributed by atoms with Gasteiger partial charge in [0.2, 0.25) is 5.91 Å². The van der Waals surface area contributed by atoms with Gasteiger partial charge in [-0.2, -0.15) is 5.10 Å². The van der Waals surface area contributed by atoms with Crippen LogP contribution in [0.1, 0.15) is 40.4 Å². The maximum absolute atomic E-state index is 13.9. The fraction of sp³-hybridized carbons (Fsp3) is 0.292. The summed E-state index contributed by atoms with van der Waals surface area (Å²) in [6.07, 6.45) is -0.297. The summed E-state index contributed by atoms with van der Waals surface area (Å²) in [6.45, 7) is 2.61. The maximum Gasteiger partial charge on any atom is 0.573 e. The summed E-state index contributed by atoms with van der Waals surface area (Å²) in [7, 11) is 0. The summed E-state index contributed by atoms with van der Waals surface area (Å²) >= 11 is 0. The van der Waals surface area contributed by atoms with E-state index in [2.05, 4.69) is 9.84 Å². The number of halogens is 3. The summed E-state index contributed by atoms with van der Waals surface area (Å²) in [5.74, 6) is -1.79. The lowest BCUT2D eigenvalue weighted by Gasteiger charge is -2.23. The smallest absolute Gasteiger partial charge is 0.478 e. The Hall–Kier alpha value is -3.82. The number of rotatable bonds is 5. The zero-order valence-electron chi connectivity index (χ0n) is 18.1. The number of amides is 1. The molecular weight excluding hydrogens is 451 g/mol. The minimum atomic E-state index is -4.87. The van der Waals surface area contributed by atoms with Gasteiger partial charge in [0.15, 0.2) is 0 Å². The van der Waals surface area contributed by atoms with Crippen LogP contribution in [0, 0.1) is 0 Å². The molecular formula is C24H20F3N3O4. The monoisotopic (exact) mass is 471 g/mol. The number of benzene rings is 2. The Balaban J connectivity index is 1.62. The van der Waals surface area contributed by atoms with E-state index in [-0.39, 0.29) is 17.9 Å². The van der Waals surface area contributed by atoms with Crippen molar-refractivity contribution in [1.82, 2.24) is 9.78 Å². The molecule has 0 saturated carbocycles. The number of hydrogen-bond acceptors (Lipinski definition) is 4. The maximum atomic E-state index is 13.9. The zero-order valence-corrected chi connectivity index (χ0v) is 18.1. The molecule has 5 rings (SSSR count). The average molecular weight is 471 g/mol. The number of alkyl halides is 3. The van der Waals surface area contributed by atoms with Crippen molar-refractivity contribution >= 4 is 23.3 Å². The molecule has 34 heavy (non-hydrogen) atoms. The minimum absolute atomic E-state index is 0.119. The number of anilines is 2. The van der Waals surface area contributed by atoms with Crippen molar-refractivity contribution in [3.63, 3.8) is 0 Å². The highest BCUT2D eigenvalue weighted by atomic mass is 19.4. The molecule has 0 unspecified atom stereocenters. The molecule has 1 amide bonds. The van der Waals surface area contributed by atoms with E-state index in [4.69, 9.17) is 0 Å². The molecule has 0 fully saturated rings. The van der Waals surface area contributed by atoms with Gasteiger partial charge in [-0.15, -0.1) is 13.2 Å². The molecule has 1 aliphatic heterocycles. The van der Waals surface area contributed by atoms with Crippen LogP contribution in [0.5, 0.6) is 5.75 Å². The minimum Gasteiger partial charge on any atom is -0.478 e. The number of carbonyl (C=O) groups is 2. The summed E-state index contributed by atoms with van der Waals surface area (Å²) in [4.78, 5) is 26.8. The van der Waals surface area contributed by atoms with Crippen LogP contribution in [0.25, 0.3) is 0 Å². The van der Waals surface area contributed by atoms with Crippen molar-refractivity contribution in [2.75, 3.05) is 4.90 Å². The van der Waals surface area contributed by atoms with Gasteiger partial charge in [-0.25, -0.2) is 4.79 Å². The van der Waals surface area contributed by atoms with Crippen molar-refractivity contribution in [2.45, 2.75) is 44.5 Å². The lowest BCUT2D eigenvalue weighted by molar-refractivity contribution is -0.274. The lowest BCUT2D eigenvalue weighted by Crippen LogP contribution is -2.39. The van der Waals surface area contributed by atoms with E-state index in [1.165, 1.54) is 35.4 Å². The summed E-state index contributed by atoms with van der Waals surface area (Å²) in [5.41, 5.74) is 1.95. The Morgan fingerprint density at radius 1 is 1.18 bits per heavy atom. The molecule has 0 radical (unpaired) electrons. The fourth-order valence-corrected chi connectivity index (χ4v) is 4.96. The van der Waals surface area contributed by atoms with E-state index < -0.39 is 23.5 Å². The highest BCUT2D eigenvalue weighted by molar-refractivity contribution is 6.13. The zero-order chi connectivity index (χ0) is 24.3. The van der Waals surface area contributed by atoms with Crippen LogP contribution in [0.4, 0.5) is 24.5 Å². The predicted molar refractivity (Wildman–Crippen MR) is 115 cm³/mol. The molecule has 1 N–H and O–H groups in total. The molecule has 1 aromatic heterocycles.